The Bertz CT molecular complexity index is 490. The van der Waals surface area contributed by atoms with Crippen molar-refractivity contribution in [2.45, 2.75) is 12.8 Å². The molecule has 0 aliphatic rings. The van der Waals surface area contributed by atoms with Gasteiger partial charge in [-0.3, -0.25) is 4.79 Å². The van der Waals surface area contributed by atoms with Crippen molar-refractivity contribution in [3.8, 4) is 0 Å². The highest BCUT2D eigenvalue weighted by Gasteiger charge is 2.27. The average molecular weight is 217 g/mol. The number of benzene rings is 1. The van der Waals surface area contributed by atoms with Crippen molar-refractivity contribution >= 4 is 5.97 Å². The van der Waals surface area contributed by atoms with Gasteiger partial charge in [0.2, 0.25) is 0 Å². The van der Waals surface area contributed by atoms with Crippen LogP contribution in [-0.2, 0) is 4.79 Å². The quantitative estimate of drug-likeness (QED) is 0.856. The van der Waals surface area contributed by atoms with Crippen LogP contribution >= 0.6 is 0 Å². The van der Waals surface area contributed by atoms with Crippen molar-refractivity contribution in [2.24, 2.45) is 0 Å². The first kappa shape index (κ1) is 10.4. The number of carbonyl (C=O) groups is 1. The molecule has 16 heavy (non-hydrogen) atoms. The normalized spacial score (nSPS) is 12.3. The Balaban J connectivity index is 2.48. The van der Waals surface area contributed by atoms with Crippen molar-refractivity contribution in [1.82, 2.24) is 5.16 Å². The number of aromatic nitrogens is 1. The van der Waals surface area contributed by atoms with E-state index in [1.807, 2.05) is 6.07 Å². The summed E-state index contributed by atoms with van der Waals surface area (Å²) in [7, 11) is 0. The van der Waals surface area contributed by atoms with Crippen LogP contribution in [0.5, 0.6) is 0 Å². The molecule has 1 unspecified atom stereocenters. The second-order valence-corrected chi connectivity index (χ2v) is 3.55. The van der Waals surface area contributed by atoms with E-state index in [4.69, 9.17) is 4.52 Å². The number of hydrogen-bond acceptors (Lipinski definition) is 3. The summed E-state index contributed by atoms with van der Waals surface area (Å²) in [5.74, 6) is -1.34. The molecule has 1 aromatic heterocycles. The Morgan fingerprint density at radius 1 is 1.38 bits per heavy atom. The highest BCUT2D eigenvalue weighted by atomic mass is 16.5. The van der Waals surface area contributed by atoms with E-state index in [0.717, 1.165) is 5.56 Å². The summed E-state index contributed by atoms with van der Waals surface area (Å²) < 4.78 is 5.01. The van der Waals surface area contributed by atoms with Gasteiger partial charge in [-0.05, 0) is 12.5 Å². The van der Waals surface area contributed by atoms with E-state index in [-0.39, 0.29) is 0 Å². The van der Waals surface area contributed by atoms with Crippen LogP contribution in [0.15, 0.2) is 41.1 Å². The summed E-state index contributed by atoms with van der Waals surface area (Å²) in [5.41, 5.74) is 1.44. The fraction of sp³-hybridized carbons (Fsp3) is 0.167. The van der Waals surface area contributed by atoms with Gasteiger partial charge in [0.15, 0.2) is 5.76 Å². The predicted molar refractivity (Wildman–Crippen MR) is 57.2 cm³/mol. The largest absolute Gasteiger partial charge is 0.480 e. The minimum atomic E-state index is -0.939. The molecular formula is C12H11NO3. The first-order chi connectivity index (χ1) is 7.70. The number of nitrogens with zero attached hydrogens (tertiary/aromatic N) is 1. The lowest BCUT2D eigenvalue weighted by molar-refractivity contribution is -0.138. The molecule has 0 radical (unpaired) electrons. The third-order valence-electron chi connectivity index (χ3n) is 2.43. The number of aryl methyl sites for hydroxylation is 1. The van der Waals surface area contributed by atoms with Crippen LogP contribution in [0.1, 0.15) is 22.8 Å². The van der Waals surface area contributed by atoms with Gasteiger partial charge in [0.05, 0.1) is 6.20 Å². The molecule has 0 amide bonds. The molecule has 0 aliphatic carbocycles. The maximum atomic E-state index is 11.3. The van der Waals surface area contributed by atoms with Crippen LogP contribution in [0.4, 0.5) is 0 Å². The van der Waals surface area contributed by atoms with Crippen molar-refractivity contribution in [1.29, 1.82) is 0 Å². The summed E-state index contributed by atoms with van der Waals surface area (Å²) in [6.45, 7) is 1.78. The van der Waals surface area contributed by atoms with E-state index in [1.165, 1.54) is 6.20 Å². The number of carboxylic acid groups (broad SMARTS) is 1. The molecule has 4 heteroatoms. The molecule has 82 valence electrons. The minimum Gasteiger partial charge on any atom is -0.480 e. The highest BCUT2D eigenvalue weighted by molar-refractivity contribution is 5.79. The van der Waals surface area contributed by atoms with Crippen LogP contribution in [0, 0.1) is 6.92 Å². The second-order valence-electron chi connectivity index (χ2n) is 3.55. The smallest absolute Gasteiger partial charge is 0.318 e. The van der Waals surface area contributed by atoms with Gasteiger partial charge >= 0.3 is 5.97 Å². The summed E-state index contributed by atoms with van der Waals surface area (Å²) >= 11 is 0. The molecule has 0 spiro atoms. The van der Waals surface area contributed by atoms with E-state index in [1.54, 1.807) is 31.2 Å². The van der Waals surface area contributed by atoms with Crippen molar-refractivity contribution < 1.29 is 14.4 Å². The first-order valence-electron chi connectivity index (χ1n) is 4.89. The zero-order chi connectivity index (χ0) is 11.5. The van der Waals surface area contributed by atoms with E-state index < -0.39 is 11.9 Å². The van der Waals surface area contributed by atoms with Gasteiger partial charge in [0.1, 0.15) is 5.92 Å². The highest BCUT2D eigenvalue weighted by Crippen LogP contribution is 2.26. The van der Waals surface area contributed by atoms with Crippen molar-refractivity contribution in [2.75, 3.05) is 0 Å². The van der Waals surface area contributed by atoms with Gasteiger partial charge in [-0.25, -0.2) is 0 Å². The fourth-order valence-corrected chi connectivity index (χ4v) is 1.63. The van der Waals surface area contributed by atoms with Crippen LogP contribution in [0.25, 0.3) is 0 Å². The van der Waals surface area contributed by atoms with Crippen LogP contribution < -0.4 is 0 Å². The number of hydrogen-bond donors (Lipinski definition) is 1. The Labute approximate surface area is 92.5 Å². The van der Waals surface area contributed by atoms with E-state index in [2.05, 4.69) is 5.16 Å². The molecule has 0 aliphatic heterocycles. The molecule has 2 rings (SSSR count). The lowest BCUT2D eigenvalue weighted by Crippen LogP contribution is -2.13. The Kier molecular flexibility index (Phi) is 2.72. The lowest BCUT2D eigenvalue weighted by Gasteiger charge is -2.09. The van der Waals surface area contributed by atoms with Crippen LogP contribution in [0.2, 0.25) is 0 Å². The Morgan fingerprint density at radius 2 is 2.06 bits per heavy atom. The molecule has 4 nitrogen and oxygen atoms in total. The van der Waals surface area contributed by atoms with Gasteiger partial charge < -0.3 is 9.63 Å². The second kappa shape index (κ2) is 4.18. The van der Waals surface area contributed by atoms with Gasteiger partial charge in [-0.1, -0.05) is 35.5 Å². The van der Waals surface area contributed by atoms with E-state index in [9.17, 15) is 9.90 Å². The molecule has 0 bridgehead atoms. The molecule has 1 heterocycles. The zero-order valence-corrected chi connectivity index (χ0v) is 8.75. The summed E-state index contributed by atoms with van der Waals surface area (Å²) in [6.07, 6.45) is 1.52. The van der Waals surface area contributed by atoms with Crippen molar-refractivity contribution in [3.63, 3.8) is 0 Å². The Hall–Kier alpha value is -2.10. The molecule has 1 N–H and O–H groups in total. The molecule has 1 aromatic carbocycles. The SMILES string of the molecule is Cc1cnoc1C(C(=O)O)c1ccccc1. The van der Waals surface area contributed by atoms with Gasteiger partial charge in [0.25, 0.3) is 0 Å². The Morgan fingerprint density at radius 3 is 2.56 bits per heavy atom. The third kappa shape index (κ3) is 1.82. The fourth-order valence-electron chi connectivity index (χ4n) is 1.63. The molecule has 0 saturated heterocycles. The zero-order valence-electron chi connectivity index (χ0n) is 8.75. The molecular weight excluding hydrogens is 206 g/mol. The predicted octanol–water partition coefficient (Wildman–Crippen LogP) is 2.20. The maximum Gasteiger partial charge on any atom is 0.318 e. The summed E-state index contributed by atoms with van der Waals surface area (Å²) in [6, 6.07) is 8.98. The van der Waals surface area contributed by atoms with E-state index in [0.29, 0.717) is 11.3 Å². The van der Waals surface area contributed by atoms with E-state index >= 15 is 0 Å². The maximum absolute atomic E-state index is 11.3. The molecule has 1 atom stereocenters. The number of aliphatic carboxylic acids is 1. The van der Waals surface area contributed by atoms with Gasteiger partial charge in [-0.2, -0.15) is 0 Å². The molecule has 0 fully saturated rings. The first-order valence-corrected chi connectivity index (χ1v) is 4.89. The van der Waals surface area contributed by atoms with Crippen LogP contribution in [0.3, 0.4) is 0 Å². The topological polar surface area (TPSA) is 63.3 Å². The minimum absolute atomic E-state index is 0.388. The molecule has 2 aromatic rings. The molecule has 0 saturated carbocycles. The number of rotatable bonds is 3. The van der Waals surface area contributed by atoms with Crippen molar-refractivity contribution in [3.05, 3.63) is 53.4 Å². The van der Waals surface area contributed by atoms with Gasteiger partial charge in [-0.15, -0.1) is 0 Å². The average Bonchev–Trinajstić information content (AvgIpc) is 2.66. The van der Waals surface area contributed by atoms with Gasteiger partial charge in [0, 0.05) is 5.56 Å². The van der Waals surface area contributed by atoms with Crippen LogP contribution in [-0.4, -0.2) is 16.2 Å². The lowest BCUT2D eigenvalue weighted by atomic mass is 9.95. The standard InChI is InChI=1S/C12H11NO3/c1-8-7-13-16-11(8)10(12(14)15)9-5-3-2-4-6-9/h2-7,10H,1H3,(H,14,15). The monoisotopic (exact) mass is 217 g/mol. The summed E-state index contributed by atoms with van der Waals surface area (Å²) in [5, 5.41) is 12.8. The third-order valence-corrected chi connectivity index (χ3v) is 2.43. The summed E-state index contributed by atoms with van der Waals surface area (Å²) in [4.78, 5) is 11.3. The number of carboxylic acids is 1.